The topological polar surface area (TPSA) is 95.0 Å². The number of tetrazole rings is 1. The van der Waals surface area contributed by atoms with E-state index in [2.05, 4.69) is 62.2 Å². The normalized spacial score (nSPS) is 16.7. The van der Waals surface area contributed by atoms with Crippen molar-refractivity contribution in [1.82, 2.24) is 25.5 Å². The molecule has 2 heterocycles. The lowest BCUT2D eigenvalue weighted by Crippen LogP contribution is -2.28. The number of carbonyl (C=O) groups is 1. The van der Waals surface area contributed by atoms with E-state index in [1.807, 2.05) is 23.6 Å². The summed E-state index contributed by atoms with van der Waals surface area (Å²) in [4.78, 5) is 15.1. The van der Waals surface area contributed by atoms with E-state index in [1.165, 1.54) is 11.8 Å². The van der Waals surface area contributed by atoms with Crippen LogP contribution in [0.2, 0.25) is 0 Å². The van der Waals surface area contributed by atoms with Gasteiger partial charge < -0.3 is 10.0 Å². The first-order valence-electron chi connectivity index (χ1n) is 9.43. The second-order valence-electron chi connectivity index (χ2n) is 9.16. The molecule has 3 rings (SSSR count). The highest BCUT2D eigenvalue weighted by atomic mass is 32.2. The molecule has 1 aromatic carbocycles. The predicted molar refractivity (Wildman–Crippen MR) is 115 cm³/mol. The van der Waals surface area contributed by atoms with Gasteiger partial charge in [-0.2, -0.15) is 0 Å². The Bertz CT molecular complexity index is 931. The van der Waals surface area contributed by atoms with Gasteiger partial charge in [-0.05, 0) is 50.4 Å². The van der Waals surface area contributed by atoms with Crippen molar-refractivity contribution in [2.24, 2.45) is 0 Å². The number of benzene rings is 1. The zero-order valence-corrected chi connectivity index (χ0v) is 18.5. The van der Waals surface area contributed by atoms with Crippen LogP contribution in [-0.2, 0) is 22.2 Å². The van der Waals surface area contributed by atoms with Crippen LogP contribution < -0.4 is 0 Å². The number of thioether (sulfide) groups is 1. The lowest BCUT2D eigenvalue weighted by atomic mass is 9.78. The molecular weight excluding hydrogens is 386 g/mol. The van der Waals surface area contributed by atoms with Gasteiger partial charge in [0.15, 0.2) is 5.82 Å². The Morgan fingerprint density at radius 1 is 1.14 bits per heavy atom. The van der Waals surface area contributed by atoms with Crippen LogP contribution in [0.4, 0.5) is 0 Å². The number of nitrogens with one attached hydrogen (secondary N) is 1. The van der Waals surface area contributed by atoms with Crippen LogP contribution >= 0.6 is 11.8 Å². The molecule has 7 nitrogen and oxygen atoms in total. The molecule has 0 saturated heterocycles. The number of aromatic amines is 1. The van der Waals surface area contributed by atoms with Crippen molar-refractivity contribution in [2.75, 3.05) is 0 Å². The highest BCUT2D eigenvalue weighted by Gasteiger charge is 2.27. The molecule has 2 aromatic rings. The number of H-pyrrole nitrogens is 1. The van der Waals surface area contributed by atoms with E-state index in [4.69, 9.17) is 0 Å². The molecule has 29 heavy (non-hydrogen) atoms. The molecule has 154 valence electrons. The quantitative estimate of drug-likeness (QED) is 0.736. The minimum Gasteiger partial charge on any atom is -0.507 e. The van der Waals surface area contributed by atoms with Gasteiger partial charge in [-0.1, -0.05) is 53.3 Å². The molecule has 8 heteroatoms. The third-order valence-electron chi connectivity index (χ3n) is 4.66. The Balaban J connectivity index is 2.01. The minimum atomic E-state index is -0.229. The van der Waals surface area contributed by atoms with E-state index in [9.17, 15) is 9.90 Å². The summed E-state index contributed by atoms with van der Waals surface area (Å²) in [5, 5.41) is 26.4. The van der Waals surface area contributed by atoms with Crippen molar-refractivity contribution >= 4 is 23.7 Å². The van der Waals surface area contributed by atoms with Crippen LogP contribution in [-0.4, -0.2) is 36.5 Å². The van der Waals surface area contributed by atoms with E-state index < -0.39 is 0 Å². The lowest BCUT2D eigenvalue weighted by Gasteiger charge is -2.28. The summed E-state index contributed by atoms with van der Waals surface area (Å²) < 4.78 is 0. The molecule has 0 fully saturated rings. The fourth-order valence-electron chi connectivity index (χ4n) is 3.10. The maximum atomic E-state index is 12.9. The van der Waals surface area contributed by atoms with Crippen LogP contribution in [0.3, 0.4) is 0 Å². The van der Waals surface area contributed by atoms with Crippen molar-refractivity contribution in [1.29, 1.82) is 0 Å². The van der Waals surface area contributed by atoms with Crippen LogP contribution in [0.15, 0.2) is 28.6 Å². The number of hydrogen-bond acceptors (Lipinski definition) is 6. The molecule has 0 spiro atoms. The third-order valence-corrected chi connectivity index (χ3v) is 5.47. The number of phenolic OH excluding ortho intramolecular Hbond substituents is 1. The average molecular weight is 414 g/mol. The molecule has 0 saturated carbocycles. The van der Waals surface area contributed by atoms with Gasteiger partial charge >= 0.3 is 0 Å². The molecule has 1 aliphatic rings. The van der Waals surface area contributed by atoms with Crippen LogP contribution in [0.5, 0.6) is 5.75 Å². The predicted octanol–water partition coefficient (Wildman–Crippen LogP) is 4.09. The summed E-state index contributed by atoms with van der Waals surface area (Å²) in [6.45, 7) is 12.7. The Hall–Kier alpha value is -2.61. The van der Waals surface area contributed by atoms with Crippen LogP contribution in [0.1, 0.15) is 64.1 Å². The Labute approximate surface area is 175 Å². The molecule has 0 bridgehead atoms. The van der Waals surface area contributed by atoms with Crippen molar-refractivity contribution in [3.8, 4) is 5.75 Å². The molecule has 0 unspecified atom stereocenters. The molecule has 1 aliphatic heterocycles. The van der Waals surface area contributed by atoms with Crippen molar-refractivity contribution in [3.63, 3.8) is 0 Å². The second-order valence-corrected chi connectivity index (χ2v) is 10.1. The zero-order chi connectivity index (χ0) is 21.4. The van der Waals surface area contributed by atoms with Crippen molar-refractivity contribution in [3.05, 3.63) is 51.2 Å². The van der Waals surface area contributed by atoms with Crippen molar-refractivity contribution in [2.45, 2.75) is 58.9 Å². The molecule has 0 atom stereocenters. The van der Waals surface area contributed by atoms with Crippen LogP contribution in [0.25, 0.3) is 6.08 Å². The Morgan fingerprint density at radius 3 is 2.28 bits per heavy atom. The maximum Gasteiger partial charge on any atom is 0.265 e. The number of aromatic hydroxyl groups is 1. The second kappa shape index (κ2) is 7.67. The number of hydrogen-bond donors (Lipinski definition) is 2. The first-order chi connectivity index (χ1) is 13.5. The fourth-order valence-corrected chi connectivity index (χ4v) is 3.88. The Morgan fingerprint density at radius 2 is 1.76 bits per heavy atom. The summed E-state index contributed by atoms with van der Waals surface area (Å²) in [7, 11) is 0. The largest absolute Gasteiger partial charge is 0.507 e. The van der Waals surface area contributed by atoms with Gasteiger partial charge in [0.05, 0.1) is 11.4 Å². The summed E-state index contributed by atoms with van der Waals surface area (Å²) in [6, 6.07) is 3.93. The molecule has 0 aliphatic carbocycles. The van der Waals surface area contributed by atoms with Crippen LogP contribution in [0, 0.1) is 0 Å². The SMILES string of the molecule is CC(C)(C)c1cc(C=C2SC=CN(Cc3nnn[nH]3)C2=O)cc(C(C)(C)C)c1O. The van der Waals surface area contributed by atoms with Gasteiger partial charge in [-0.15, -0.1) is 5.10 Å². The van der Waals surface area contributed by atoms with E-state index in [-0.39, 0.29) is 23.3 Å². The first-order valence-corrected chi connectivity index (χ1v) is 10.3. The van der Waals surface area contributed by atoms with Gasteiger partial charge in [0.2, 0.25) is 0 Å². The number of phenols is 1. The van der Waals surface area contributed by atoms with E-state index >= 15 is 0 Å². The van der Waals surface area contributed by atoms with Gasteiger partial charge in [-0.25, -0.2) is 5.10 Å². The Kier molecular flexibility index (Phi) is 5.58. The maximum absolute atomic E-state index is 12.9. The number of nitrogens with zero attached hydrogens (tertiary/aromatic N) is 4. The third kappa shape index (κ3) is 4.70. The highest BCUT2D eigenvalue weighted by molar-refractivity contribution is 8.06. The summed E-state index contributed by atoms with van der Waals surface area (Å²) >= 11 is 1.38. The molecule has 1 aromatic heterocycles. The standard InChI is InChI=1S/C21H27N5O2S/c1-20(2,3)14-9-13(10-15(18(14)27)21(4,5)6)11-16-19(28)26(7-8-29-16)12-17-22-24-25-23-17/h7-11,27H,12H2,1-6H3,(H,22,23,24,25). The number of aromatic nitrogens is 4. The van der Waals surface area contributed by atoms with Crippen molar-refractivity contribution < 1.29 is 9.90 Å². The number of carbonyl (C=O) groups excluding carboxylic acids is 1. The van der Waals surface area contributed by atoms with E-state index in [0.717, 1.165) is 16.7 Å². The molecular formula is C21H27N5O2S. The lowest BCUT2D eigenvalue weighted by molar-refractivity contribution is -0.124. The van der Waals surface area contributed by atoms with E-state index in [0.29, 0.717) is 16.5 Å². The van der Waals surface area contributed by atoms with Gasteiger partial charge in [0.25, 0.3) is 5.91 Å². The summed E-state index contributed by atoms with van der Waals surface area (Å²) in [5.41, 5.74) is 2.17. The highest BCUT2D eigenvalue weighted by Crippen LogP contribution is 2.40. The van der Waals surface area contributed by atoms with Gasteiger partial charge in [0, 0.05) is 17.3 Å². The van der Waals surface area contributed by atoms with E-state index in [1.54, 1.807) is 11.1 Å². The first kappa shape index (κ1) is 21.1. The number of rotatable bonds is 3. The minimum absolute atomic E-state index is 0.114. The molecule has 2 N–H and O–H groups in total. The molecule has 1 amide bonds. The summed E-state index contributed by atoms with van der Waals surface area (Å²) in [6.07, 6.45) is 3.61. The fraction of sp³-hybridized carbons (Fsp3) is 0.429. The number of amides is 1. The summed E-state index contributed by atoms with van der Waals surface area (Å²) in [5.74, 6) is 0.731. The smallest absolute Gasteiger partial charge is 0.265 e. The zero-order valence-electron chi connectivity index (χ0n) is 17.6. The monoisotopic (exact) mass is 413 g/mol. The van der Waals surface area contributed by atoms with Gasteiger partial charge in [0.1, 0.15) is 5.75 Å². The average Bonchev–Trinajstić information content (AvgIpc) is 3.11. The molecule has 0 radical (unpaired) electrons. The van der Waals surface area contributed by atoms with Gasteiger partial charge in [-0.3, -0.25) is 4.79 Å².